The van der Waals surface area contributed by atoms with Gasteiger partial charge in [0.15, 0.2) is 5.03 Å². The van der Waals surface area contributed by atoms with E-state index in [1.54, 1.807) is 9.80 Å². The number of pyridine rings is 1. The number of likely N-dealkylation sites (tertiary alicyclic amines) is 2. The van der Waals surface area contributed by atoms with E-state index in [1.165, 1.54) is 42.6 Å². The summed E-state index contributed by atoms with van der Waals surface area (Å²) in [4.78, 5) is 32.6. The lowest BCUT2D eigenvalue weighted by Gasteiger charge is -2.22. The molecule has 2 aliphatic rings. The molecule has 2 fully saturated rings. The van der Waals surface area contributed by atoms with E-state index in [1.807, 2.05) is 0 Å². The van der Waals surface area contributed by atoms with Crippen molar-refractivity contribution in [1.29, 1.82) is 0 Å². The molecule has 3 heterocycles. The highest BCUT2D eigenvalue weighted by atomic mass is 32.2. The molecule has 2 aromatic rings. The number of nitrogens with two attached hydrogens (primary N) is 1. The average molecular weight is 513 g/mol. The van der Waals surface area contributed by atoms with Gasteiger partial charge in [-0.2, -0.15) is 0 Å². The number of aryl methyl sites for hydroxylation is 1. The van der Waals surface area contributed by atoms with Gasteiger partial charge in [0.2, 0.25) is 5.91 Å². The Morgan fingerprint density at radius 3 is 2.11 bits per heavy atom. The van der Waals surface area contributed by atoms with E-state index in [9.17, 15) is 31.2 Å². The zero-order valence-electron chi connectivity index (χ0n) is 18.4. The number of aromatic nitrogens is 1. The molecule has 1 aromatic heterocycles. The monoisotopic (exact) mass is 512 g/mol. The maximum atomic E-state index is 12.8. The van der Waals surface area contributed by atoms with Crippen molar-refractivity contribution in [3.63, 3.8) is 0 Å². The second-order valence-corrected chi connectivity index (χ2v) is 10.2. The zero-order valence-corrected chi connectivity index (χ0v) is 19.3. The van der Waals surface area contributed by atoms with Crippen LogP contribution in [0.2, 0.25) is 0 Å². The van der Waals surface area contributed by atoms with Crippen LogP contribution in [-0.2, 0) is 21.2 Å². The van der Waals surface area contributed by atoms with Gasteiger partial charge in [0.05, 0.1) is 5.56 Å². The number of benzene rings is 1. The van der Waals surface area contributed by atoms with Crippen LogP contribution in [0.3, 0.4) is 0 Å². The van der Waals surface area contributed by atoms with Crippen LogP contribution in [0.25, 0.3) is 0 Å². The molecule has 0 radical (unpaired) electrons. The minimum absolute atomic E-state index is 0.0457. The number of nitrogens with zero attached hydrogens (tertiary/aromatic N) is 3. The Bertz CT molecular complexity index is 1190. The smallest absolute Gasteiger partial charge is 0.406 e. The molecule has 2 N–H and O–H groups in total. The number of hydrogen-bond acceptors (Lipinski definition) is 6. The third kappa shape index (κ3) is 6.09. The highest BCUT2D eigenvalue weighted by Crippen LogP contribution is 2.32. The number of sulfonamides is 1. The van der Waals surface area contributed by atoms with Crippen molar-refractivity contribution < 1.29 is 35.9 Å². The van der Waals surface area contributed by atoms with Gasteiger partial charge in [-0.1, -0.05) is 12.1 Å². The largest absolute Gasteiger partial charge is 0.573 e. The van der Waals surface area contributed by atoms with Crippen molar-refractivity contribution in [3.05, 3.63) is 53.7 Å². The number of hydrogen-bond donors (Lipinski definition) is 1. The maximum Gasteiger partial charge on any atom is 0.573 e. The molecule has 4 rings (SSSR count). The minimum Gasteiger partial charge on any atom is -0.406 e. The first-order valence-electron chi connectivity index (χ1n) is 10.8. The number of primary sulfonamides is 1. The number of alkyl halides is 3. The molecule has 0 unspecified atom stereocenters. The van der Waals surface area contributed by atoms with Crippen molar-refractivity contribution >= 4 is 21.8 Å². The Balaban J connectivity index is 1.26. The van der Waals surface area contributed by atoms with Crippen molar-refractivity contribution in [3.8, 4) is 5.75 Å². The van der Waals surface area contributed by atoms with Crippen LogP contribution in [0, 0.1) is 11.8 Å². The second-order valence-electron chi connectivity index (χ2n) is 8.65. The predicted molar refractivity (Wildman–Crippen MR) is 117 cm³/mol. The van der Waals surface area contributed by atoms with E-state index in [-0.39, 0.29) is 46.4 Å². The van der Waals surface area contributed by atoms with Gasteiger partial charge in [-0.05, 0) is 36.2 Å². The van der Waals surface area contributed by atoms with Crippen LogP contribution in [0.4, 0.5) is 13.2 Å². The van der Waals surface area contributed by atoms with E-state index < -0.39 is 16.4 Å². The molecule has 9 nitrogen and oxygen atoms in total. The van der Waals surface area contributed by atoms with Crippen LogP contribution in [0.15, 0.2) is 47.6 Å². The SMILES string of the molecule is NS(=O)(=O)c1ccc(C(=O)N2C[C@H]3CN(C(=O)CCc4ccc(OC(F)(F)F)cc4)C[C@@H]3C2)cn1. The van der Waals surface area contributed by atoms with E-state index in [0.717, 1.165) is 5.56 Å². The number of fused-ring (bicyclic) bond motifs is 1. The summed E-state index contributed by atoms with van der Waals surface area (Å²) in [5.74, 6) is -0.341. The topological polar surface area (TPSA) is 123 Å². The number of ether oxygens (including phenoxy) is 1. The van der Waals surface area contributed by atoms with E-state index in [4.69, 9.17) is 5.14 Å². The van der Waals surface area contributed by atoms with Crippen molar-refractivity contribution in [2.75, 3.05) is 26.2 Å². The first kappa shape index (κ1) is 24.9. The summed E-state index contributed by atoms with van der Waals surface area (Å²) >= 11 is 0. The number of halogens is 3. The van der Waals surface area contributed by atoms with Gasteiger partial charge in [-0.3, -0.25) is 9.59 Å². The highest BCUT2D eigenvalue weighted by molar-refractivity contribution is 7.89. The Morgan fingerprint density at radius 1 is 1.00 bits per heavy atom. The molecule has 1 aromatic carbocycles. The summed E-state index contributed by atoms with van der Waals surface area (Å²) in [7, 11) is -3.94. The molecule has 0 spiro atoms. The summed E-state index contributed by atoms with van der Waals surface area (Å²) in [6.45, 7) is 2.00. The summed E-state index contributed by atoms with van der Waals surface area (Å²) in [5.41, 5.74) is 0.989. The third-order valence-corrected chi connectivity index (χ3v) is 7.01. The van der Waals surface area contributed by atoms with Gasteiger partial charge in [-0.25, -0.2) is 18.5 Å². The Morgan fingerprint density at radius 2 is 1.60 bits per heavy atom. The summed E-state index contributed by atoms with van der Waals surface area (Å²) in [6.07, 6.45) is -2.94. The van der Waals surface area contributed by atoms with Gasteiger partial charge < -0.3 is 14.5 Å². The Hall–Kier alpha value is -3.19. The van der Waals surface area contributed by atoms with Crippen LogP contribution in [0.1, 0.15) is 22.3 Å². The first-order chi connectivity index (χ1) is 16.4. The van der Waals surface area contributed by atoms with Crippen LogP contribution in [0.5, 0.6) is 5.75 Å². The quantitative estimate of drug-likeness (QED) is 0.630. The summed E-state index contributed by atoms with van der Waals surface area (Å²) < 4.78 is 63.2. The van der Waals surface area contributed by atoms with Gasteiger partial charge in [0, 0.05) is 50.6 Å². The zero-order chi connectivity index (χ0) is 25.4. The number of rotatable bonds is 6. The predicted octanol–water partition coefficient (Wildman–Crippen LogP) is 1.79. The lowest BCUT2D eigenvalue weighted by molar-refractivity contribution is -0.274. The molecule has 13 heteroatoms. The van der Waals surface area contributed by atoms with Gasteiger partial charge in [-0.15, -0.1) is 13.2 Å². The average Bonchev–Trinajstić information content (AvgIpc) is 3.36. The van der Waals surface area contributed by atoms with E-state index in [0.29, 0.717) is 32.6 Å². The summed E-state index contributed by atoms with van der Waals surface area (Å²) in [5, 5.41) is 4.71. The number of carbonyl (C=O) groups excluding carboxylic acids is 2. The Kier molecular flexibility index (Phi) is 6.73. The molecule has 2 atom stereocenters. The highest BCUT2D eigenvalue weighted by Gasteiger charge is 2.43. The number of amides is 2. The molecule has 0 bridgehead atoms. The van der Waals surface area contributed by atoms with Crippen molar-refractivity contribution in [2.24, 2.45) is 17.0 Å². The molecule has 2 saturated heterocycles. The molecule has 0 saturated carbocycles. The minimum atomic E-state index is -4.75. The van der Waals surface area contributed by atoms with Gasteiger partial charge >= 0.3 is 6.36 Å². The summed E-state index contributed by atoms with van der Waals surface area (Å²) in [6, 6.07) is 8.01. The fourth-order valence-electron chi connectivity index (χ4n) is 4.49. The fraction of sp³-hybridized carbons (Fsp3) is 0.409. The normalized spacial score (nSPS) is 20.1. The third-order valence-electron chi connectivity index (χ3n) is 6.19. The maximum absolute atomic E-state index is 12.8. The molecular weight excluding hydrogens is 489 g/mol. The molecule has 2 amide bonds. The Labute approximate surface area is 199 Å². The lowest BCUT2D eigenvalue weighted by Crippen LogP contribution is -2.35. The lowest BCUT2D eigenvalue weighted by atomic mass is 10.0. The van der Waals surface area contributed by atoms with Crippen LogP contribution < -0.4 is 9.88 Å². The molecule has 35 heavy (non-hydrogen) atoms. The standard InChI is InChI=1S/C22H23F3N4O5S/c23-22(24,25)34-18-5-1-14(2-6-18)3-8-20(30)28-10-16-12-29(13-17(16)11-28)21(31)15-4-7-19(27-9-15)35(26,32)33/h1-2,4-7,9,16-17H,3,8,10-13H2,(H2,26,32,33)/t16-,17-/m1/s1. The molecule has 188 valence electrons. The molecule has 0 aliphatic carbocycles. The van der Waals surface area contributed by atoms with E-state index >= 15 is 0 Å². The second kappa shape index (κ2) is 9.46. The molecule has 2 aliphatic heterocycles. The van der Waals surface area contributed by atoms with Crippen molar-refractivity contribution in [2.45, 2.75) is 24.2 Å². The molecular formula is C22H23F3N4O5S. The fourth-order valence-corrected chi connectivity index (χ4v) is 4.94. The number of carbonyl (C=O) groups is 2. The van der Waals surface area contributed by atoms with Crippen molar-refractivity contribution in [1.82, 2.24) is 14.8 Å². The van der Waals surface area contributed by atoms with Crippen LogP contribution >= 0.6 is 0 Å². The van der Waals surface area contributed by atoms with Gasteiger partial charge in [0.25, 0.3) is 15.9 Å². The van der Waals surface area contributed by atoms with E-state index in [2.05, 4.69) is 9.72 Å². The first-order valence-corrected chi connectivity index (χ1v) is 12.3. The van der Waals surface area contributed by atoms with Gasteiger partial charge in [0.1, 0.15) is 5.75 Å². The van der Waals surface area contributed by atoms with Crippen LogP contribution in [-0.4, -0.2) is 67.6 Å².